The van der Waals surface area contributed by atoms with Crippen LogP contribution in [-0.4, -0.2) is 16.2 Å². The van der Waals surface area contributed by atoms with E-state index >= 15 is 0 Å². The second kappa shape index (κ2) is 3.61. The third-order valence-electron chi connectivity index (χ3n) is 2.92. The molecular weight excluding hydrogens is 212 g/mol. The van der Waals surface area contributed by atoms with Crippen LogP contribution >= 0.6 is 11.3 Å². The largest absolute Gasteiger partial charge is 0.479 e. The zero-order chi connectivity index (χ0) is 11.1. The van der Waals surface area contributed by atoms with Crippen molar-refractivity contribution in [2.45, 2.75) is 38.2 Å². The Morgan fingerprint density at radius 3 is 3.00 bits per heavy atom. The molecule has 1 aliphatic rings. The molecule has 4 heteroatoms. The first-order valence-electron chi connectivity index (χ1n) is 5.15. The number of aryl methyl sites for hydroxylation is 2. The van der Waals surface area contributed by atoms with Crippen LogP contribution in [0.25, 0.3) is 0 Å². The predicted molar refractivity (Wildman–Crippen MR) is 58.2 cm³/mol. The van der Waals surface area contributed by atoms with Gasteiger partial charge in [0, 0.05) is 4.88 Å². The molecule has 15 heavy (non-hydrogen) atoms. The Morgan fingerprint density at radius 2 is 2.40 bits per heavy atom. The first kappa shape index (κ1) is 10.6. The number of carbonyl (C=O) groups is 1. The molecule has 0 amide bonds. The van der Waals surface area contributed by atoms with Gasteiger partial charge in [-0.25, -0.2) is 4.79 Å². The highest BCUT2D eigenvalue weighted by Gasteiger charge is 2.43. The summed E-state index contributed by atoms with van der Waals surface area (Å²) < 4.78 is 0. The fourth-order valence-corrected chi connectivity index (χ4v) is 3.31. The molecule has 0 radical (unpaired) electrons. The SMILES string of the molecule is CCc1cc2c(s1)C(O)(C(=O)O)CCC2. The molecular formula is C11H14O3S. The summed E-state index contributed by atoms with van der Waals surface area (Å²) in [4.78, 5) is 12.9. The van der Waals surface area contributed by atoms with Crippen LogP contribution in [-0.2, 0) is 23.2 Å². The fraction of sp³-hybridized carbons (Fsp3) is 0.545. The van der Waals surface area contributed by atoms with Gasteiger partial charge in [-0.05, 0) is 37.3 Å². The Morgan fingerprint density at radius 1 is 1.67 bits per heavy atom. The number of hydrogen-bond donors (Lipinski definition) is 2. The summed E-state index contributed by atoms with van der Waals surface area (Å²) in [6.07, 6.45) is 2.86. The van der Waals surface area contributed by atoms with E-state index in [-0.39, 0.29) is 0 Å². The van der Waals surface area contributed by atoms with Crippen molar-refractivity contribution in [2.75, 3.05) is 0 Å². The summed E-state index contributed by atoms with van der Waals surface area (Å²) in [6, 6.07) is 2.03. The molecule has 2 rings (SSSR count). The number of thiophene rings is 1. The minimum Gasteiger partial charge on any atom is -0.479 e. The molecule has 0 aromatic carbocycles. The average Bonchev–Trinajstić information content (AvgIpc) is 2.62. The van der Waals surface area contributed by atoms with E-state index in [9.17, 15) is 9.90 Å². The summed E-state index contributed by atoms with van der Waals surface area (Å²) in [5.41, 5.74) is -0.612. The maximum Gasteiger partial charge on any atom is 0.341 e. The van der Waals surface area contributed by atoms with Crippen LogP contribution in [0, 0.1) is 0 Å². The molecule has 1 heterocycles. The topological polar surface area (TPSA) is 57.5 Å². The van der Waals surface area contributed by atoms with Crippen molar-refractivity contribution in [3.8, 4) is 0 Å². The van der Waals surface area contributed by atoms with Gasteiger partial charge in [-0.1, -0.05) is 6.92 Å². The molecule has 82 valence electrons. The van der Waals surface area contributed by atoms with Crippen LogP contribution < -0.4 is 0 Å². The minimum absolute atomic E-state index is 0.332. The van der Waals surface area contributed by atoms with Gasteiger partial charge < -0.3 is 10.2 Å². The molecule has 0 bridgehead atoms. The molecule has 1 aromatic heterocycles. The van der Waals surface area contributed by atoms with Gasteiger partial charge in [0.25, 0.3) is 0 Å². The van der Waals surface area contributed by atoms with Gasteiger partial charge in [0.15, 0.2) is 5.60 Å². The second-order valence-corrected chi connectivity index (χ2v) is 5.08. The summed E-state index contributed by atoms with van der Waals surface area (Å²) in [7, 11) is 0. The second-order valence-electron chi connectivity index (χ2n) is 3.94. The third-order valence-corrected chi connectivity index (χ3v) is 4.40. The van der Waals surface area contributed by atoms with E-state index in [1.165, 1.54) is 11.3 Å². The highest BCUT2D eigenvalue weighted by Crippen LogP contribution is 2.40. The van der Waals surface area contributed by atoms with E-state index in [0.29, 0.717) is 11.3 Å². The number of aliphatic carboxylic acids is 1. The normalized spacial score (nSPS) is 24.9. The molecule has 1 unspecified atom stereocenters. The first-order chi connectivity index (χ1) is 7.08. The van der Waals surface area contributed by atoms with Gasteiger partial charge in [-0.3, -0.25) is 0 Å². The molecule has 0 fully saturated rings. The molecule has 1 aromatic rings. The Hall–Kier alpha value is -0.870. The molecule has 1 aliphatic carbocycles. The summed E-state index contributed by atoms with van der Waals surface area (Å²) >= 11 is 1.44. The highest BCUT2D eigenvalue weighted by molar-refractivity contribution is 7.12. The third kappa shape index (κ3) is 1.58. The van der Waals surface area contributed by atoms with Gasteiger partial charge in [0.05, 0.1) is 4.88 Å². The Kier molecular flexibility index (Phi) is 2.56. The van der Waals surface area contributed by atoms with Crippen LogP contribution in [0.15, 0.2) is 6.07 Å². The van der Waals surface area contributed by atoms with Gasteiger partial charge in [-0.15, -0.1) is 11.3 Å². The van der Waals surface area contributed by atoms with E-state index in [4.69, 9.17) is 5.11 Å². The first-order valence-corrected chi connectivity index (χ1v) is 5.97. The quantitative estimate of drug-likeness (QED) is 0.810. The Balaban J connectivity index is 2.50. The number of fused-ring (bicyclic) bond motifs is 1. The fourth-order valence-electron chi connectivity index (χ4n) is 2.05. The van der Waals surface area contributed by atoms with Gasteiger partial charge in [0.2, 0.25) is 0 Å². The van der Waals surface area contributed by atoms with E-state index in [1.54, 1.807) is 0 Å². The molecule has 0 spiro atoms. The van der Waals surface area contributed by atoms with E-state index in [2.05, 4.69) is 0 Å². The smallest absolute Gasteiger partial charge is 0.341 e. The van der Waals surface area contributed by atoms with Crippen LogP contribution in [0.3, 0.4) is 0 Å². The minimum atomic E-state index is -1.63. The standard InChI is InChI=1S/C11H14O3S/c1-2-8-6-7-4-3-5-11(14,10(12)13)9(7)15-8/h6,14H,2-5H2,1H3,(H,12,13). The van der Waals surface area contributed by atoms with E-state index in [1.807, 2.05) is 13.0 Å². The van der Waals surface area contributed by atoms with Crippen LogP contribution in [0.4, 0.5) is 0 Å². The van der Waals surface area contributed by atoms with Crippen molar-refractivity contribution in [2.24, 2.45) is 0 Å². The van der Waals surface area contributed by atoms with Crippen molar-refractivity contribution in [3.05, 3.63) is 21.4 Å². The zero-order valence-corrected chi connectivity index (χ0v) is 9.43. The van der Waals surface area contributed by atoms with Crippen LogP contribution in [0.2, 0.25) is 0 Å². The monoisotopic (exact) mass is 226 g/mol. The lowest BCUT2D eigenvalue weighted by Gasteiger charge is -2.27. The number of rotatable bonds is 2. The molecule has 0 aliphatic heterocycles. The number of aliphatic hydroxyl groups is 1. The summed E-state index contributed by atoms with van der Waals surface area (Å²) in [5, 5.41) is 19.2. The van der Waals surface area contributed by atoms with Crippen LogP contribution in [0.5, 0.6) is 0 Å². The number of carboxylic acid groups (broad SMARTS) is 1. The lowest BCUT2D eigenvalue weighted by Crippen LogP contribution is -2.37. The summed E-state index contributed by atoms with van der Waals surface area (Å²) in [5.74, 6) is -1.12. The predicted octanol–water partition coefficient (Wildman–Crippen LogP) is 1.92. The van der Waals surface area contributed by atoms with Crippen LogP contribution in [0.1, 0.15) is 35.1 Å². The number of carboxylic acids is 1. The molecule has 0 saturated carbocycles. The van der Waals surface area contributed by atoms with Gasteiger partial charge >= 0.3 is 5.97 Å². The average molecular weight is 226 g/mol. The van der Waals surface area contributed by atoms with E-state index in [0.717, 1.165) is 29.7 Å². The van der Waals surface area contributed by atoms with Crippen molar-refractivity contribution in [3.63, 3.8) is 0 Å². The maximum atomic E-state index is 11.1. The molecule has 2 N–H and O–H groups in total. The number of hydrogen-bond acceptors (Lipinski definition) is 3. The molecule has 3 nitrogen and oxygen atoms in total. The van der Waals surface area contributed by atoms with Gasteiger partial charge in [0.1, 0.15) is 0 Å². The van der Waals surface area contributed by atoms with Crippen molar-refractivity contribution in [1.82, 2.24) is 0 Å². The molecule has 1 atom stereocenters. The van der Waals surface area contributed by atoms with E-state index < -0.39 is 11.6 Å². The Bertz CT molecular complexity index is 397. The molecule has 0 saturated heterocycles. The van der Waals surface area contributed by atoms with Crippen molar-refractivity contribution in [1.29, 1.82) is 0 Å². The lowest BCUT2D eigenvalue weighted by atomic mass is 9.85. The van der Waals surface area contributed by atoms with Crippen molar-refractivity contribution >= 4 is 17.3 Å². The Labute approximate surface area is 92.4 Å². The lowest BCUT2D eigenvalue weighted by molar-refractivity contribution is -0.160. The highest BCUT2D eigenvalue weighted by atomic mass is 32.1. The summed E-state index contributed by atoms with van der Waals surface area (Å²) in [6.45, 7) is 2.04. The van der Waals surface area contributed by atoms with Gasteiger partial charge in [-0.2, -0.15) is 0 Å². The van der Waals surface area contributed by atoms with Crippen molar-refractivity contribution < 1.29 is 15.0 Å². The maximum absolute atomic E-state index is 11.1. The zero-order valence-electron chi connectivity index (χ0n) is 8.62.